The minimum atomic E-state index is -5.08. The van der Waals surface area contributed by atoms with E-state index in [4.69, 9.17) is 29.3 Å². The smallest absolute Gasteiger partial charge is 0.475 e. The molecular formula is C25H21F6N5O6. The van der Waals surface area contributed by atoms with Crippen molar-refractivity contribution in [3.8, 4) is 11.3 Å². The number of amides is 1. The Morgan fingerprint density at radius 1 is 0.952 bits per heavy atom. The van der Waals surface area contributed by atoms with Gasteiger partial charge in [0.2, 0.25) is 0 Å². The Morgan fingerprint density at radius 3 is 2.12 bits per heavy atom. The lowest BCUT2D eigenvalue weighted by molar-refractivity contribution is -0.193. The zero-order valence-electron chi connectivity index (χ0n) is 21.4. The molecule has 11 nitrogen and oxygen atoms in total. The number of pyridine rings is 1. The highest BCUT2D eigenvalue weighted by Crippen LogP contribution is 2.33. The molecule has 224 valence electrons. The second-order valence-electron chi connectivity index (χ2n) is 8.55. The first-order valence-electron chi connectivity index (χ1n) is 11.6. The molecule has 17 heteroatoms. The third-order valence-electron chi connectivity index (χ3n) is 5.55. The number of alkyl halides is 6. The first kappa shape index (κ1) is 31.4. The number of furan rings is 1. The number of halogens is 6. The van der Waals surface area contributed by atoms with E-state index in [1.165, 1.54) is 6.26 Å². The standard InChI is InChI=1S/C21H19N5O2.2C2HF3O2/c1-24-9-7-17-18(24)14-25(21(27)19-6-4-10-28-19)11-15-12-26(23-20(15)17)13-16-5-2-3-8-22-16;2*3-2(4,5)1(6)7/h2-10,12H,11,13-14H2,1H3;2*(H,6,7). The van der Waals surface area contributed by atoms with Gasteiger partial charge in [-0.2, -0.15) is 31.4 Å². The second-order valence-corrected chi connectivity index (χ2v) is 8.55. The predicted molar refractivity (Wildman–Crippen MR) is 130 cm³/mol. The highest BCUT2D eigenvalue weighted by atomic mass is 19.4. The fourth-order valence-electron chi connectivity index (χ4n) is 3.66. The molecule has 42 heavy (non-hydrogen) atoms. The SMILES string of the molecule is Cn1ccc2c1CN(C(=O)c1ccco1)Cc1cn(Cc3ccccn3)nc1-2.O=C(O)C(F)(F)F.O=C(O)C(F)(F)F. The Bertz CT molecular complexity index is 1500. The summed E-state index contributed by atoms with van der Waals surface area (Å²) in [5.74, 6) is -5.29. The number of carboxylic acids is 2. The summed E-state index contributed by atoms with van der Waals surface area (Å²) in [6.45, 7) is 1.57. The summed E-state index contributed by atoms with van der Waals surface area (Å²) >= 11 is 0. The van der Waals surface area contributed by atoms with Crippen molar-refractivity contribution >= 4 is 17.8 Å². The first-order valence-corrected chi connectivity index (χ1v) is 11.6. The molecule has 4 aromatic rings. The van der Waals surface area contributed by atoms with Crippen molar-refractivity contribution in [3.05, 3.63) is 84.0 Å². The van der Waals surface area contributed by atoms with Crippen LogP contribution in [0.2, 0.25) is 0 Å². The van der Waals surface area contributed by atoms with Crippen LogP contribution in [-0.4, -0.2) is 64.6 Å². The number of hydrogen-bond acceptors (Lipinski definition) is 6. The summed E-state index contributed by atoms with van der Waals surface area (Å²) < 4.78 is 72.7. The van der Waals surface area contributed by atoms with Crippen LogP contribution in [0.15, 0.2) is 65.7 Å². The summed E-state index contributed by atoms with van der Waals surface area (Å²) in [4.78, 5) is 36.9. The van der Waals surface area contributed by atoms with E-state index in [1.807, 2.05) is 46.9 Å². The van der Waals surface area contributed by atoms with E-state index < -0.39 is 24.3 Å². The molecule has 0 aliphatic carbocycles. The minimum absolute atomic E-state index is 0.123. The van der Waals surface area contributed by atoms with Crippen LogP contribution in [0.1, 0.15) is 27.5 Å². The van der Waals surface area contributed by atoms with Gasteiger partial charge >= 0.3 is 24.3 Å². The zero-order chi connectivity index (χ0) is 31.2. The quantitative estimate of drug-likeness (QED) is 0.330. The van der Waals surface area contributed by atoms with E-state index >= 15 is 0 Å². The molecule has 5 heterocycles. The maximum absolute atomic E-state index is 12.9. The second kappa shape index (κ2) is 12.6. The van der Waals surface area contributed by atoms with Gasteiger partial charge in [-0.1, -0.05) is 6.07 Å². The van der Waals surface area contributed by atoms with Gasteiger partial charge in [0.1, 0.15) is 0 Å². The zero-order valence-corrected chi connectivity index (χ0v) is 21.4. The van der Waals surface area contributed by atoms with Gasteiger partial charge in [0.05, 0.1) is 37.3 Å². The molecule has 0 fully saturated rings. The third kappa shape index (κ3) is 7.98. The van der Waals surface area contributed by atoms with Crippen LogP contribution in [-0.2, 0) is 36.3 Å². The molecular weight excluding hydrogens is 580 g/mol. The van der Waals surface area contributed by atoms with E-state index in [0.29, 0.717) is 25.4 Å². The van der Waals surface area contributed by atoms with Crippen LogP contribution in [0.4, 0.5) is 26.3 Å². The van der Waals surface area contributed by atoms with E-state index in [1.54, 1.807) is 23.2 Å². The van der Waals surface area contributed by atoms with Gasteiger partial charge in [0.25, 0.3) is 5.91 Å². The van der Waals surface area contributed by atoms with E-state index in [-0.39, 0.29) is 5.91 Å². The Labute approximate surface area is 232 Å². The molecule has 5 rings (SSSR count). The van der Waals surface area contributed by atoms with Crippen molar-refractivity contribution in [1.29, 1.82) is 0 Å². The highest BCUT2D eigenvalue weighted by molar-refractivity contribution is 5.92. The molecule has 1 aliphatic rings. The normalized spacial score (nSPS) is 12.5. The first-order chi connectivity index (χ1) is 19.6. The summed E-state index contributed by atoms with van der Waals surface area (Å²) in [6.07, 6.45) is -2.85. The summed E-state index contributed by atoms with van der Waals surface area (Å²) in [6, 6.07) is 11.3. The van der Waals surface area contributed by atoms with Crippen LogP contribution in [0.3, 0.4) is 0 Å². The molecule has 0 atom stereocenters. The topological polar surface area (TPSA) is 144 Å². The van der Waals surface area contributed by atoms with Crippen molar-refractivity contribution in [3.63, 3.8) is 0 Å². The maximum atomic E-state index is 12.9. The predicted octanol–water partition coefficient (Wildman–Crippen LogP) is 4.35. The largest absolute Gasteiger partial charge is 0.490 e. The van der Waals surface area contributed by atoms with Gasteiger partial charge < -0.3 is 24.1 Å². The summed E-state index contributed by atoms with van der Waals surface area (Å²) in [7, 11) is 1.99. The van der Waals surface area contributed by atoms with Crippen LogP contribution < -0.4 is 0 Å². The molecule has 1 aliphatic heterocycles. The Hall–Kier alpha value is -5.09. The van der Waals surface area contributed by atoms with Gasteiger partial charge in [-0.25, -0.2) is 9.59 Å². The molecule has 0 saturated heterocycles. The number of aromatic nitrogens is 4. The number of aryl methyl sites for hydroxylation is 1. The number of carboxylic acid groups (broad SMARTS) is 2. The average molecular weight is 601 g/mol. The molecule has 0 saturated carbocycles. The molecule has 0 aromatic carbocycles. The van der Waals surface area contributed by atoms with Crippen molar-refractivity contribution in [2.24, 2.45) is 7.05 Å². The Balaban J connectivity index is 0.000000289. The van der Waals surface area contributed by atoms with Crippen molar-refractivity contribution in [2.75, 3.05) is 0 Å². The fourth-order valence-corrected chi connectivity index (χ4v) is 3.66. The third-order valence-corrected chi connectivity index (χ3v) is 5.55. The summed E-state index contributed by atoms with van der Waals surface area (Å²) in [5.41, 5.74) is 4.99. The van der Waals surface area contributed by atoms with Gasteiger partial charge in [-0.15, -0.1) is 0 Å². The fraction of sp³-hybridized carbons (Fsp3) is 0.240. The molecule has 0 radical (unpaired) electrons. The number of carbonyl (C=O) groups excluding carboxylic acids is 1. The monoisotopic (exact) mass is 601 g/mol. The molecule has 0 unspecified atom stereocenters. The van der Waals surface area contributed by atoms with Crippen LogP contribution in [0, 0.1) is 0 Å². The molecule has 0 bridgehead atoms. The number of rotatable bonds is 3. The van der Waals surface area contributed by atoms with E-state index in [0.717, 1.165) is 28.2 Å². The van der Waals surface area contributed by atoms with Gasteiger partial charge in [0, 0.05) is 42.5 Å². The van der Waals surface area contributed by atoms with E-state index in [2.05, 4.69) is 11.1 Å². The molecule has 4 aromatic heterocycles. The van der Waals surface area contributed by atoms with Gasteiger partial charge in [-0.3, -0.25) is 14.5 Å². The van der Waals surface area contributed by atoms with Gasteiger partial charge in [0.15, 0.2) is 5.76 Å². The lowest BCUT2D eigenvalue weighted by Gasteiger charge is -2.20. The number of carbonyl (C=O) groups is 3. The Morgan fingerprint density at radius 2 is 1.60 bits per heavy atom. The Kier molecular flexibility index (Phi) is 9.44. The van der Waals surface area contributed by atoms with Crippen molar-refractivity contribution in [1.82, 2.24) is 24.2 Å². The lowest BCUT2D eigenvalue weighted by Crippen LogP contribution is -2.29. The number of hydrogen-bond donors (Lipinski definition) is 2. The van der Waals surface area contributed by atoms with Gasteiger partial charge in [-0.05, 0) is 30.3 Å². The van der Waals surface area contributed by atoms with Crippen molar-refractivity contribution in [2.45, 2.75) is 32.0 Å². The molecule has 2 N–H and O–H groups in total. The molecule has 0 spiro atoms. The minimum Gasteiger partial charge on any atom is -0.475 e. The van der Waals surface area contributed by atoms with Crippen molar-refractivity contribution < 1.29 is 55.4 Å². The summed E-state index contributed by atoms with van der Waals surface area (Å²) in [5, 5.41) is 19.1. The number of fused-ring (bicyclic) bond motifs is 3. The average Bonchev–Trinajstić information content (AvgIpc) is 3.63. The van der Waals surface area contributed by atoms with Crippen LogP contribution in [0.5, 0.6) is 0 Å². The lowest BCUT2D eigenvalue weighted by atomic mass is 10.1. The highest BCUT2D eigenvalue weighted by Gasteiger charge is 2.39. The number of nitrogens with zero attached hydrogens (tertiary/aromatic N) is 5. The van der Waals surface area contributed by atoms with E-state index in [9.17, 15) is 31.1 Å². The van der Waals surface area contributed by atoms with Crippen LogP contribution >= 0.6 is 0 Å². The number of aliphatic carboxylic acids is 2. The maximum Gasteiger partial charge on any atom is 0.490 e. The molecule has 1 amide bonds. The van der Waals surface area contributed by atoms with Crippen LogP contribution in [0.25, 0.3) is 11.3 Å².